The van der Waals surface area contributed by atoms with Crippen LogP contribution in [0.1, 0.15) is 38.2 Å². The molecule has 0 bridgehead atoms. The SMILES string of the molecule is CCNC(CCC1CC1)Cc1ccsc1. The zero-order valence-corrected chi connectivity index (χ0v) is 10.4. The Morgan fingerprint density at radius 3 is 3.00 bits per heavy atom. The Labute approximate surface area is 96.9 Å². The normalized spacial score (nSPS) is 17.9. The van der Waals surface area contributed by atoms with E-state index in [1.807, 2.05) is 11.3 Å². The van der Waals surface area contributed by atoms with E-state index >= 15 is 0 Å². The Morgan fingerprint density at radius 1 is 1.53 bits per heavy atom. The number of thiophene rings is 1. The maximum atomic E-state index is 3.61. The molecule has 1 heterocycles. The van der Waals surface area contributed by atoms with Crippen LogP contribution in [0.15, 0.2) is 16.8 Å². The van der Waals surface area contributed by atoms with Crippen LogP contribution in [-0.2, 0) is 6.42 Å². The van der Waals surface area contributed by atoms with Gasteiger partial charge < -0.3 is 5.32 Å². The highest BCUT2D eigenvalue weighted by atomic mass is 32.1. The second-order valence-electron chi connectivity index (χ2n) is 4.61. The van der Waals surface area contributed by atoms with Crippen molar-refractivity contribution in [3.05, 3.63) is 22.4 Å². The van der Waals surface area contributed by atoms with Gasteiger partial charge in [-0.15, -0.1) is 0 Å². The van der Waals surface area contributed by atoms with Crippen LogP contribution in [0.4, 0.5) is 0 Å². The quantitative estimate of drug-likeness (QED) is 0.746. The van der Waals surface area contributed by atoms with Gasteiger partial charge in [-0.2, -0.15) is 11.3 Å². The maximum absolute atomic E-state index is 3.61. The fraction of sp³-hybridized carbons (Fsp3) is 0.692. The topological polar surface area (TPSA) is 12.0 Å². The van der Waals surface area contributed by atoms with Crippen molar-refractivity contribution < 1.29 is 0 Å². The van der Waals surface area contributed by atoms with E-state index in [0.717, 1.165) is 12.5 Å². The molecule has 2 heteroatoms. The van der Waals surface area contributed by atoms with E-state index in [4.69, 9.17) is 0 Å². The summed E-state index contributed by atoms with van der Waals surface area (Å²) in [6.45, 7) is 3.30. The molecular formula is C13H21NS. The molecule has 1 atom stereocenters. The van der Waals surface area contributed by atoms with Gasteiger partial charge in [-0.05, 0) is 54.1 Å². The molecule has 0 spiro atoms. The number of likely N-dealkylation sites (N-methyl/N-ethyl adjacent to an activating group) is 1. The van der Waals surface area contributed by atoms with Crippen molar-refractivity contribution in [2.75, 3.05) is 6.54 Å². The van der Waals surface area contributed by atoms with Gasteiger partial charge in [0.15, 0.2) is 0 Å². The van der Waals surface area contributed by atoms with Crippen molar-refractivity contribution in [3.8, 4) is 0 Å². The third kappa shape index (κ3) is 3.96. The highest BCUT2D eigenvalue weighted by Gasteiger charge is 2.22. The van der Waals surface area contributed by atoms with Gasteiger partial charge in [-0.25, -0.2) is 0 Å². The van der Waals surface area contributed by atoms with Crippen LogP contribution in [0.5, 0.6) is 0 Å². The van der Waals surface area contributed by atoms with Crippen LogP contribution in [0.3, 0.4) is 0 Å². The van der Waals surface area contributed by atoms with Gasteiger partial charge in [0.05, 0.1) is 0 Å². The molecular weight excluding hydrogens is 202 g/mol. The van der Waals surface area contributed by atoms with Crippen molar-refractivity contribution in [3.63, 3.8) is 0 Å². The summed E-state index contributed by atoms with van der Waals surface area (Å²) >= 11 is 1.81. The molecule has 1 unspecified atom stereocenters. The lowest BCUT2D eigenvalue weighted by Gasteiger charge is -2.17. The van der Waals surface area contributed by atoms with Crippen molar-refractivity contribution >= 4 is 11.3 Å². The fourth-order valence-corrected chi connectivity index (χ4v) is 2.78. The first-order valence-corrected chi connectivity index (χ1v) is 7.07. The molecule has 1 saturated carbocycles. The Bertz CT molecular complexity index is 264. The van der Waals surface area contributed by atoms with Crippen molar-refractivity contribution in [1.29, 1.82) is 0 Å². The Kier molecular flexibility index (Phi) is 4.21. The highest BCUT2D eigenvalue weighted by molar-refractivity contribution is 7.07. The Morgan fingerprint density at radius 2 is 2.40 bits per heavy atom. The zero-order valence-electron chi connectivity index (χ0n) is 9.54. The molecule has 1 N–H and O–H groups in total. The third-order valence-electron chi connectivity index (χ3n) is 3.18. The first kappa shape index (κ1) is 11.2. The average Bonchev–Trinajstić information content (AvgIpc) is 2.93. The molecule has 1 nitrogen and oxygen atoms in total. The van der Waals surface area contributed by atoms with Gasteiger partial charge >= 0.3 is 0 Å². The largest absolute Gasteiger partial charge is 0.314 e. The Balaban J connectivity index is 1.76. The lowest BCUT2D eigenvalue weighted by Crippen LogP contribution is -2.30. The predicted octanol–water partition coefficient (Wildman–Crippen LogP) is 3.46. The molecule has 84 valence electrons. The van der Waals surface area contributed by atoms with Gasteiger partial charge in [0.25, 0.3) is 0 Å². The van der Waals surface area contributed by atoms with E-state index in [0.29, 0.717) is 6.04 Å². The van der Waals surface area contributed by atoms with Crippen molar-refractivity contribution in [2.45, 2.75) is 45.1 Å². The van der Waals surface area contributed by atoms with E-state index in [2.05, 4.69) is 29.1 Å². The standard InChI is InChI=1S/C13H21NS/c1-2-14-13(6-5-11-3-4-11)9-12-7-8-15-10-12/h7-8,10-11,13-14H,2-6,9H2,1H3. The van der Waals surface area contributed by atoms with Crippen LogP contribution < -0.4 is 5.32 Å². The minimum absolute atomic E-state index is 0.699. The van der Waals surface area contributed by atoms with Crippen molar-refractivity contribution in [2.24, 2.45) is 5.92 Å². The zero-order chi connectivity index (χ0) is 10.5. The molecule has 0 aliphatic heterocycles. The van der Waals surface area contributed by atoms with Gasteiger partial charge in [0.2, 0.25) is 0 Å². The van der Waals surface area contributed by atoms with Gasteiger partial charge in [0, 0.05) is 6.04 Å². The summed E-state index contributed by atoms with van der Waals surface area (Å²) in [5.74, 6) is 1.06. The van der Waals surface area contributed by atoms with E-state index in [-0.39, 0.29) is 0 Å². The second-order valence-corrected chi connectivity index (χ2v) is 5.39. The average molecular weight is 223 g/mol. The minimum Gasteiger partial charge on any atom is -0.314 e. The smallest absolute Gasteiger partial charge is 0.0108 e. The number of rotatable bonds is 7. The Hall–Kier alpha value is -0.340. The van der Waals surface area contributed by atoms with E-state index in [1.54, 1.807) is 0 Å². The molecule has 1 aromatic heterocycles. The van der Waals surface area contributed by atoms with Crippen LogP contribution in [-0.4, -0.2) is 12.6 Å². The van der Waals surface area contributed by atoms with Crippen LogP contribution in [0, 0.1) is 5.92 Å². The fourth-order valence-electron chi connectivity index (χ4n) is 2.10. The monoisotopic (exact) mass is 223 g/mol. The van der Waals surface area contributed by atoms with E-state index < -0.39 is 0 Å². The van der Waals surface area contributed by atoms with Crippen LogP contribution in [0.2, 0.25) is 0 Å². The summed E-state index contributed by atoms with van der Waals surface area (Å²) in [5, 5.41) is 8.07. The lowest BCUT2D eigenvalue weighted by molar-refractivity contribution is 0.463. The number of hydrogen-bond acceptors (Lipinski definition) is 2. The van der Waals surface area contributed by atoms with Crippen molar-refractivity contribution in [1.82, 2.24) is 5.32 Å². The summed E-state index contributed by atoms with van der Waals surface area (Å²) < 4.78 is 0. The molecule has 0 aromatic carbocycles. The summed E-state index contributed by atoms with van der Waals surface area (Å²) in [4.78, 5) is 0. The molecule has 0 saturated heterocycles. The summed E-state index contributed by atoms with van der Waals surface area (Å²) in [7, 11) is 0. The van der Waals surface area contributed by atoms with E-state index in [9.17, 15) is 0 Å². The molecule has 1 aromatic rings. The maximum Gasteiger partial charge on any atom is 0.0108 e. The molecule has 15 heavy (non-hydrogen) atoms. The summed E-state index contributed by atoms with van der Waals surface area (Å²) in [6.07, 6.45) is 6.97. The number of nitrogens with one attached hydrogen (secondary N) is 1. The van der Waals surface area contributed by atoms with Crippen LogP contribution >= 0.6 is 11.3 Å². The molecule has 0 amide bonds. The third-order valence-corrected chi connectivity index (χ3v) is 3.91. The molecule has 1 aliphatic carbocycles. The summed E-state index contributed by atoms with van der Waals surface area (Å²) in [5.41, 5.74) is 1.50. The first-order chi connectivity index (χ1) is 7.38. The lowest BCUT2D eigenvalue weighted by atomic mass is 10.0. The minimum atomic E-state index is 0.699. The predicted molar refractivity (Wildman–Crippen MR) is 67.4 cm³/mol. The van der Waals surface area contributed by atoms with E-state index in [1.165, 1.54) is 37.7 Å². The molecule has 0 radical (unpaired) electrons. The van der Waals surface area contributed by atoms with Gasteiger partial charge in [0.1, 0.15) is 0 Å². The molecule has 1 fully saturated rings. The van der Waals surface area contributed by atoms with Crippen LogP contribution in [0.25, 0.3) is 0 Å². The van der Waals surface area contributed by atoms with Gasteiger partial charge in [-0.1, -0.05) is 19.8 Å². The summed E-state index contributed by atoms with van der Waals surface area (Å²) in [6, 6.07) is 2.96. The highest BCUT2D eigenvalue weighted by Crippen LogP contribution is 2.34. The van der Waals surface area contributed by atoms with Gasteiger partial charge in [-0.3, -0.25) is 0 Å². The second kappa shape index (κ2) is 5.66. The molecule has 1 aliphatic rings. The number of hydrogen-bond donors (Lipinski definition) is 1. The first-order valence-electron chi connectivity index (χ1n) is 6.13. The molecule has 2 rings (SSSR count).